The highest BCUT2D eigenvalue weighted by atomic mass is 79.9. The molecule has 3 N–H and O–H groups in total. The maximum absolute atomic E-state index is 11.1. The van der Waals surface area contributed by atoms with Gasteiger partial charge in [0, 0.05) is 17.1 Å². The van der Waals surface area contributed by atoms with Gasteiger partial charge in [-0.25, -0.2) is 4.79 Å². The van der Waals surface area contributed by atoms with Crippen LogP contribution in [0, 0.1) is 0 Å². The first kappa shape index (κ1) is 16.2. The number of aromatic carboxylic acids is 1. The van der Waals surface area contributed by atoms with E-state index < -0.39 is 18.2 Å². The molecule has 2 atom stereocenters. The summed E-state index contributed by atoms with van der Waals surface area (Å²) in [5.74, 6) is -1.19. The van der Waals surface area contributed by atoms with E-state index in [4.69, 9.17) is 5.11 Å². The molecule has 1 rings (SSSR count). The number of carbonyl (C=O) groups excluding carboxylic acids is 1. The summed E-state index contributed by atoms with van der Waals surface area (Å²) in [5.41, 5.74) is 0.0288. The molecule has 0 aromatic heterocycles. The van der Waals surface area contributed by atoms with E-state index in [1.54, 1.807) is 0 Å². The summed E-state index contributed by atoms with van der Waals surface area (Å²) >= 11 is 4.05. The Balaban J connectivity index is 2.97. The number of carboxylic acids is 1. The number of carboxylic acid groups (broad SMARTS) is 1. The molecule has 0 heterocycles. The summed E-state index contributed by atoms with van der Waals surface area (Å²) in [4.78, 5) is 21.9. The Bertz CT molecular complexity index is 491. The SMILES string of the molecule is CC(=O)SCC(O)C(O)c1cc(Br)ccc1C(=O)O. The first-order valence-corrected chi connectivity index (χ1v) is 7.13. The second kappa shape index (κ2) is 7.04. The number of rotatable bonds is 5. The first-order valence-electron chi connectivity index (χ1n) is 5.35. The van der Waals surface area contributed by atoms with Crippen molar-refractivity contribution < 1.29 is 24.9 Å². The Labute approximate surface area is 122 Å². The number of hydrogen-bond donors (Lipinski definition) is 3. The molecule has 0 fully saturated rings. The van der Waals surface area contributed by atoms with E-state index in [0.717, 1.165) is 11.8 Å². The Kier molecular flexibility index (Phi) is 5.99. The van der Waals surface area contributed by atoms with Crippen molar-refractivity contribution in [1.82, 2.24) is 0 Å². The molecule has 104 valence electrons. The molecule has 7 heteroatoms. The number of thioether (sulfide) groups is 1. The van der Waals surface area contributed by atoms with Gasteiger partial charge in [-0.15, -0.1) is 0 Å². The molecule has 0 aliphatic heterocycles. The van der Waals surface area contributed by atoms with Gasteiger partial charge in [-0.3, -0.25) is 4.79 Å². The molecular formula is C12H13BrO5S. The predicted octanol–water partition coefficient (Wildman–Crippen LogP) is 1.82. The smallest absolute Gasteiger partial charge is 0.336 e. The van der Waals surface area contributed by atoms with E-state index in [2.05, 4.69) is 15.9 Å². The summed E-state index contributed by atoms with van der Waals surface area (Å²) in [6.45, 7) is 1.35. The maximum Gasteiger partial charge on any atom is 0.336 e. The van der Waals surface area contributed by atoms with Crippen LogP contribution < -0.4 is 0 Å². The lowest BCUT2D eigenvalue weighted by Crippen LogP contribution is -2.23. The lowest BCUT2D eigenvalue weighted by atomic mass is 9.99. The molecule has 0 aliphatic carbocycles. The third-order valence-electron chi connectivity index (χ3n) is 2.38. The zero-order valence-corrected chi connectivity index (χ0v) is 12.4. The standard InChI is InChI=1S/C12H13BrO5S/c1-6(14)19-5-10(15)11(16)9-4-7(13)2-3-8(9)12(17)18/h2-4,10-11,15-16H,5H2,1H3,(H,17,18). The van der Waals surface area contributed by atoms with Gasteiger partial charge in [0.1, 0.15) is 6.10 Å². The molecule has 2 unspecified atom stereocenters. The molecule has 0 saturated heterocycles. The maximum atomic E-state index is 11.1. The molecular weight excluding hydrogens is 336 g/mol. The van der Waals surface area contributed by atoms with E-state index in [9.17, 15) is 19.8 Å². The van der Waals surface area contributed by atoms with Gasteiger partial charge < -0.3 is 15.3 Å². The Morgan fingerprint density at radius 2 is 2.00 bits per heavy atom. The third kappa shape index (κ3) is 4.61. The molecule has 0 radical (unpaired) electrons. The van der Waals surface area contributed by atoms with Crippen molar-refractivity contribution in [1.29, 1.82) is 0 Å². The van der Waals surface area contributed by atoms with Crippen LogP contribution in [0.4, 0.5) is 0 Å². The van der Waals surface area contributed by atoms with Crippen molar-refractivity contribution in [3.63, 3.8) is 0 Å². The predicted molar refractivity (Wildman–Crippen MR) is 75.2 cm³/mol. The van der Waals surface area contributed by atoms with E-state index in [0.29, 0.717) is 4.47 Å². The average Bonchev–Trinajstić information content (AvgIpc) is 2.34. The van der Waals surface area contributed by atoms with Crippen LogP contribution >= 0.6 is 27.7 Å². The number of benzene rings is 1. The Hall–Kier alpha value is -0.890. The third-order valence-corrected chi connectivity index (χ3v) is 3.79. The van der Waals surface area contributed by atoms with Gasteiger partial charge >= 0.3 is 5.97 Å². The monoisotopic (exact) mass is 348 g/mol. The minimum Gasteiger partial charge on any atom is -0.478 e. The van der Waals surface area contributed by atoms with Crippen LogP contribution in [0.3, 0.4) is 0 Å². The number of carbonyl (C=O) groups is 2. The fraction of sp³-hybridized carbons (Fsp3) is 0.333. The topological polar surface area (TPSA) is 94.8 Å². The summed E-state index contributed by atoms with van der Waals surface area (Å²) in [5, 5.41) is 28.6. The van der Waals surface area contributed by atoms with E-state index in [1.807, 2.05) is 0 Å². The summed E-state index contributed by atoms with van der Waals surface area (Å²) in [7, 11) is 0. The van der Waals surface area contributed by atoms with Crippen LogP contribution in [-0.2, 0) is 4.79 Å². The highest BCUT2D eigenvalue weighted by Gasteiger charge is 2.24. The molecule has 0 saturated carbocycles. The normalized spacial score (nSPS) is 13.9. The minimum absolute atomic E-state index is 0.00206. The van der Waals surface area contributed by atoms with Gasteiger partial charge in [-0.1, -0.05) is 27.7 Å². The molecule has 0 aliphatic rings. The zero-order valence-electron chi connectivity index (χ0n) is 10.0. The van der Waals surface area contributed by atoms with Crippen LogP contribution in [0.1, 0.15) is 28.9 Å². The second-order valence-electron chi connectivity index (χ2n) is 3.85. The molecule has 5 nitrogen and oxygen atoms in total. The number of halogens is 1. The van der Waals surface area contributed by atoms with Crippen molar-refractivity contribution in [2.24, 2.45) is 0 Å². The minimum atomic E-state index is -1.37. The van der Waals surface area contributed by atoms with E-state index >= 15 is 0 Å². The largest absolute Gasteiger partial charge is 0.478 e. The summed E-state index contributed by atoms with van der Waals surface area (Å²) < 4.78 is 0.595. The fourth-order valence-corrected chi connectivity index (χ4v) is 2.44. The molecule has 1 aromatic rings. The average molecular weight is 349 g/mol. The van der Waals surface area contributed by atoms with Crippen LogP contribution in [0.25, 0.3) is 0 Å². The highest BCUT2D eigenvalue weighted by molar-refractivity contribution is 9.10. The molecule has 1 aromatic carbocycles. The molecule has 0 spiro atoms. The highest BCUT2D eigenvalue weighted by Crippen LogP contribution is 2.26. The Morgan fingerprint density at radius 3 is 2.53 bits per heavy atom. The van der Waals surface area contributed by atoms with Crippen molar-refractivity contribution in [3.05, 3.63) is 33.8 Å². The quantitative estimate of drug-likeness (QED) is 0.751. The summed E-state index contributed by atoms with van der Waals surface area (Å²) in [6.07, 6.45) is -2.59. The van der Waals surface area contributed by atoms with Crippen molar-refractivity contribution >= 4 is 38.8 Å². The van der Waals surface area contributed by atoms with Crippen molar-refractivity contribution in [2.75, 3.05) is 5.75 Å². The second-order valence-corrected chi connectivity index (χ2v) is 5.96. The lowest BCUT2D eigenvalue weighted by molar-refractivity contribution is -0.109. The van der Waals surface area contributed by atoms with Gasteiger partial charge in [0.05, 0.1) is 11.7 Å². The zero-order chi connectivity index (χ0) is 14.6. The van der Waals surface area contributed by atoms with E-state index in [-0.39, 0.29) is 22.0 Å². The van der Waals surface area contributed by atoms with Gasteiger partial charge in [-0.05, 0) is 23.8 Å². The number of hydrogen-bond acceptors (Lipinski definition) is 5. The van der Waals surface area contributed by atoms with Crippen molar-refractivity contribution in [2.45, 2.75) is 19.1 Å². The van der Waals surface area contributed by atoms with Crippen LogP contribution in [-0.4, -0.2) is 38.3 Å². The van der Waals surface area contributed by atoms with Crippen LogP contribution in [0.5, 0.6) is 0 Å². The molecule has 19 heavy (non-hydrogen) atoms. The summed E-state index contributed by atoms with van der Waals surface area (Å²) in [6, 6.07) is 4.32. The van der Waals surface area contributed by atoms with Crippen LogP contribution in [0.15, 0.2) is 22.7 Å². The molecule has 0 amide bonds. The lowest BCUT2D eigenvalue weighted by Gasteiger charge is -2.19. The molecule has 0 bridgehead atoms. The fourth-order valence-electron chi connectivity index (χ4n) is 1.47. The number of aliphatic hydroxyl groups excluding tert-OH is 2. The van der Waals surface area contributed by atoms with Crippen molar-refractivity contribution in [3.8, 4) is 0 Å². The van der Waals surface area contributed by atoms with Crippen LogP contribution in [0.2, 0.25) is 0 Å². The van der Waals surface area contributed by atoms with E-state index in [1.165, 1.54) is 25.1 Å². The Morgan fingerprint density at radius 1 is 1.37 bits per heavy atom. The van der Waals surface area contributed by atoms with Gasteiger partial charge in [0.2, 0.25) is 0 Å². The first-order chi connectivity index (χ1) is 8.82. The van der Waals surface area contributed by atoms with Gasteiger partial charge in [-0.2, -0.15) is 0 Å². The van der Waals surface area contributed by atoms with Gasteiger partial charge in [0.25, 0.3) is 0 Å². The van der Waals surface area contributed by atoms with Gasteiger partial charge in [0.15, 0.2) is 5.12 Å². The number of aliphatic hydroxyl groups is 2.